The lowest BCUT2D eigenvalue weighted by atomic mass is 10.1. The summed E-state index contributed by atoms with van der Waals surface area (Å²) in [6, 6.07) is 7.57. The second kappa shape index (κ2) is 5.32. The zero-order valence-corrected chi connectivity index (χ0v) is 10.3. The molecule has 1 atom stereocenters. The molecule has 0 bridgehead atoms. The number of ether oxygens (including phenoxy) is 1. The van der Waals surface area contributed by atoms with Crippen molar-refractivity contribution in [3.63, 3.8) is 0 Å². The van der Waals surface area contributed by atoms with Gasteiger partial charge in [-0.2, -0.15) is 0 Å². The Morgan fingerprint density at radius 1 is 1.31 bits per heavy atom. The second-order valence-electron chi connectivity index (χ2n) is 3.79. The smallest absolute Gasteiger partial charge is 0.211 e. The molecule has 0 amide bonds. The number of sulfonamides is 1. The van der Waals surface area contributed by atoms with Crippen LogP contribution < -0.4 is 9.88 Å². The van der Waals surface area contributed by atoms with Gasteiger partial charge in [0.15, 0.2) is 0 Å². The highest BCUT2D eigenvalue weighted by atomic mass is 32.2. The molecular formula is C11H17NO3S. The molecule has 0 fully saturated rings. The van der Waals surface area contributed by atoms with Gasteiger partial charge >= 0.3 is 0 Å². The van der Waals surface area contributed by atoms with Crippen molar-refractivity contribution in [2.24, 2.45) is 5.14 Å². The molecule has 1 aromatic rings. The SMILES string of the molecule is COc1ccc(CCC(C)S(N)(=O)=O)cc1. The van der Waals surface area contributed by atoms with E-state index in [2.05, 4.69) is 0 Å². The largest absolute Gasteiger partial charge is 0.497 e. The first-order valence-electron chi connectivity index (χ1n) is 5.08. The fourth-order valence-corrected chi connectivity index (χ4v) is 1.77. The van der Waals surface area contributed by atoms with Crippen LogP contribution in [0.3, 0.4) is 0 Å². The Balaban J connectivity index is 2.55. The van der Waals surface area contributed by atoms with E-state index in [1.807, 2.05) is 24.3 Å². The molecule has 0 aromatic heterocycles. The van der Waals surface area contributed by atoms with Gasteiger partial charge < -0.3 is 4.74 Å². The van der Waals surface area contributed by atoms with Gasteiger partial charge in [0.1, 0.15) is 5.75 Å². The third-order valence-electron chi connectivity index (χ3n) is 2.56. The number of nitrogens with two attached hydrogens (primary N) is 1. The molecule has 0 aliphatic rings. The maximum absolute atomic E-state index is 11.0. The molecule has 4 nitrogen and oxygen atoms in total. The molecule has 16 heavy (non-hydrogen) atoms. The van der Waals surface area contributed by atoms with E-state index >= 15 is 0 Å². The van der Waals surface area contributed by atoms with Gasteiger partial charge in [0.05, 0.1) is 12.4 Å². The minimum Gasteiger partial charge on any atom is -0.497 e. The van der Waals surface area contributed by atoms with Gasteiger partial charge in [-0.25, -0.2) is 13.6 Å². The van der Waals surface area contributed by atoms with Crippen LogP contribution in [0.1, 0.15) is 18.9 Å². The Morgan fingerprint density at radius 2 is 1.88 bits per heavy atom. The quantitative estimate of drug-likeness (QED) is 0.847. The van der Waals surface area contributed by atoms with Gasteiger partial charge in [-0.1, -0.05) is 12.1 Å². The summed E-state index contributed by atoms with van der Waals surface area (Å²) >= 11 is 0. The highest BCUT2D eigenvalue weighted by Crippen LogP contribution is 2.14. The highest BCUT2D eigenvalue weighted by Gasteiger charge is 2.14. The van der Waals surface area contributed by atoms with Gasteiger partial charge in [0.2, 0.25) is 10.0 Å². The van der Waals surface area contributed by atoms with Crippen molar-refractivity contribution in [1.29, 1.82) is 0 Å². The van der Waals surface area contributed by atoms with Crippen molar-refractivity contribution < 1.29 is 13.2 Å². The van der Waals surface area contributed by atoms with Crippen LogP contribution in [-0.2, 0) is 16.4 Å². The van der Waals surface area contributed by atoms with Crippen LogP contribution >= 0.6 is 0 Å². The fourth-order valence-electron chi connectivity index (χ4n) is 1.33. The molecule has 1 rings (SSSR count). The molecule has 0 spiro atoms. The normalized spacial score (nSPS) is 13.4. The molecule has 0 saturated heterocycles. The van der Waals surface area contributed by atoms with Gasteiger partial charge in [0, 0.05) is 0 Å². The van der Waals surface area contributed by atoms with Crippen LogP contribution in [0.2, 0.25) is 0 Å². The predicted molar refractivity (Wildman–Crippen MR) is 63.9 cm³/mol. The van der Waals surface area contributed by atoms with Crippen molar-refractivity contribution in [3.05, 3.63) is 29.8 Å². The van der Waals surface area contributed by atoms with Crippen LogP contribution in [0, 0.1) is 0 Å². The average Bonchev–Trinajstić information content (AvgIpc) is 2.25. The lowest BCUT2D eigenvalue weighted by Gasteiger charge is -2.08. The third kappa shape index (κ3) is 3.83. The summed E-state index contributed by atoms with van der Waals surface area (Å²) in [5.74, 6) is 0.795. The van der Waals surface area contributed by atoms with E-state index in [9.17, 15) is 8.42 Å². The maximum Gasteiger partial charge on any atom is 0.211 e. The number of hydrogen-bond acceptors (Lipinski definition) is 3. The predicted octanol–water partition coefficient (Wildman–Crippen LogP) is 1.30. The Morgan fingerprint density at radius 3 is 2.31 bits per heavy atom. The lowest BCUT2D eigenvalue weighted by molar-refractivity contribution is 0.414. The monoisotopic (exact) mass is 243 g/mol. The van der Waals surface area contributed by atoms with Crippen LogP contribution in [0.25, 0.3) is 0 Å². The third-order valence-corrected chi connectivity index (χ3v) is 3.92. The lowest BCUT2D eigenvalue weighted by Crippen LogP contribution is -2.26. The first-order chi connectivity index (χ1) is 7.43. The number of primary sulfonamides is 1. The van der Waals surface area contributed by atoms with Crippen molar-refractivity contribution >= 4 is 10.0 Å². The molecule has 90 valence electrons. The number of methoxy groups -OCH3 is 1. The maximum atomic E-state index is 11.0. The van der Waals surface area contributed by atoms with Crippen LogP contribution in [0.4, 0.5) is 0 Å². The number of aryl methyl sites for hydroxylation is 1. The van der Waals surface area contributed by atoms with E-state index in [-0.39, 0.29) is 0 Å². The van der Waals surface area contributed by atoms with Crippen molar-refractivity contribution in [2.75, 3.05) is 7.11 Å². The first-order valence-corrected chi connectivity index (χ1v) is 6.69. The molecular weight excluding hydrogens is 226 g/mol. The molecule has 1 unspecified atom stereocenters. The first kappa shape index (κ1) is 13.0. The van der Waals surface area contributed by atoms with Gasteiger partial charge in [-0.15, -0.1) is 0 Å². The zero-order valence-electron chi connectivity index (χ0n) is 9.51. The molecule has 0 aliphatic heterocycles. The molecule has 1 aromatic carbocycles. The Labute approximate surface area is 96.5 Å². The van der Waals surface area contributed by atoms with Crippen molar-refractivity contribution in [1.82, 2.24) is 0 Å². The van der Waals surface area contributed by atoms with Crippen LogP contribution in [0.15, 0.2) is 24.3 Å². The van der Waals surface area contributed by atoms with E-state index < -0.39 is 15.3 Å². The van der Waals surface area contributed by atoms with E-state index in [1.165, 1.54) is 0 Å². The standard InChI is InChI=1S/C11H17NO3S/c1-9(16(12,13)14)3-4-10-5-7-11(15-2)8-6-10/h5-9H,3-4H2,1-2H3,(H2,12,13,14). The number of hydrogen-bond donors (Lipinski definition) is 1. The van der Waals surface area contributed by atoms with Crippen LogP contribution in [0.5, 0.6) is 5.75 Å². The Hall–Kier alpha value is -1.07. The topological polar surface area (TPSA) is 69.4 Å². The minimum atomic E-state index is -3.41. The summed E-state index contributed by atoms with van der Waals surface area (Å²) in [5.41, 5.74) is 1.08. The summed E-state index contributed by atoms with van der Waals surface area (Å²) in [5, 5.41) is 4.54. The van der Waals surface area contributed by atoms with E-state index in [4.69, 9.17) is 9.88 Å². The van der Waals surface area contributed by atoms with Gasteiger partial charge in [-0.3, -0.25) is 0 Å². The highest BCUT2D eigenvalue weighted by molar-refractivity contribution is 7.89. The molecule has 0 aliphatic carbocycles. The van der Waals surface area contributed by atoms with Gasteiger partial charge in [0.25, 0.3) is 0 Å². The number of rotatable bonds is 5. The van der Waals surface area contributed by atoms with Crippen molar-refractivity contribution in [2.45, 2.75) is 25.0 Å². The summed E-state index contributed by atoms with van der Waals surface area (Å²) in [4.78, 5) is 0. The van der Waals surface area contributed by atoms with E-state index in [0.29, 0.717) is 12.8 Å². The Bertz CT molecular complexity index is 425. The van der Waals surface area contributed by atoms with E-state index in [1.54, 1.807) is 14.0 Å². The van der Waals surface area contributed by atoms with Crippen LogP contribution in [-0.4, -0.2) is 20.8 Å². The summed E-state index contributed by atoms with van der Waals surface area (Å²) in [7, 11) is -1.80. The molecule has 0 heterocycles. The zero-order chi connectivity index (χ0) is 12.2. The van der Waals surface area contributed by atoms with E-state index in [0.717, 1.165) is 11.3 Å². The molecule has 0 saturated carbocycles. The Kier molecular flexibility index (Phi) is 4.32. The minimum absolute atomic E-state index is 0.505. The molecule has 2 N–H and O–H groups in total. The average molecular weight is 243 g/mol. The van der Waals surface area contributed by atoms with Gasteiger partial charge in [-0.05, 0) is 37.5 Å². The number of benzene rings is 1. The summed E-state index contributed by atoms with van der Waals surface area (Å²) < 4.78 is 27.1. The summed E-state index contributed by atoms with van der Waals surface area (Å²) in [6.07, 6.45) is 1.23. The van der Waals surface area contributed by atoms with Crippen molar-refractivity contribution in [3.8, 4) is 5.75 Å². The molecule has 5 heteroatoms. The molecule has 0 radical (unpaired) electrons. The summed E-state index contributed by atoms with van der Waals surface area (Å²) in [6.45, 7) is 1.62. The second-order valence-corrected chi connectivity index (χ2v) is 5.77. The fraction of sp³-hybridized carbons (Fsp3) is 0.455.